The van der Waals surface area contributed by atoms with Crippen molar-refractivity contribution in [1.82, 2.24) is 10.7 Å². The molecule has 0 saturated heterocycles. The van der Waals surface area contributed by atoms with E-state index in [4.69, 9.17) is 21.7 Å². The molecule has 0 radical (unpaired) electrons. The van der Waals surface area contributed by atoms with E-state index < -0.39 is 0 Å². The molecule has 19 heavy (non-hydrogen) atoms. The zero-order valence-electron chi connectivity index (χ0n) is 11.2. The van der Waals surface area contributed by atoms with Crippen LogP contribution < -0.4 is 15.5 Å². The van der Waals surface area contributed by atoms with Crippen molar-refractivity contribution >= 4 is 23.5 Å². The molecule has 1 aromatic carbocycles. The maximum absolute atomic E-state index is 5.49. The molecular formula is C13H19N3O2S. The van der Waals surface area contributed by atoms with Crippen LogP contribution in [0.4, 0.5) is 0 Å². The van der Waals surface area contributed by atoms with E-state index in [1.54, 1.807) is 13.3 Å². The maximum atomic E-state index is 5.49. The normalized spacial score (nSPS) is 10.4. The predicted octanol–water partition coefficient (Wildman–Crippen LogP) is 1.53. The fourth-order valence-corrected chi connectivity index (χ4v) is 1.50. The average molecular weight is 281 g/mol. The van der Waals surface area contributed by atoms with Crippen LogP contribution in [-0.2, 0) is 4.74 Å². The molecule has 0 aliphatic carbocycles. The van der Waals surface area contributed by atoms with Gasteiger partial charge in [-0.15, -0.1) is 0 Å². The minimum absolute atomic E-state index is 0.460. The Hall–Kier alpha value is -1.66. The Balaban J connectivity index is 2.45. The van der Waals surface area contributed by atoms with E-state index in [0.29, 0.717) is 24.9 Å². The van der Waals surface area contributed by atoms with Crippen molar-refractivity contribution in [2.24, 2.45) is 5.10 Å². The lowest BCUT2D eigenvalue weighted by molar-refractivity contribution is 0.204. The number of para-hydroxylation sites is 1. The summed E-state index contributed by atoms with van der Waals surface area (Å²) in [5.74, 6) is 0.800. The highest BCUT2D eigenvalue weighted by atomic mass is 32.1. The second-order valence-corrected chi connectivity index (χ2v) is 4.00. The van der Waals surface area contributed by atoms with E-state index in [0.717, 1.165) is 11.3 Å². The largest absolute Gasteiger partial charge is 0.493 e. The number of methoxy groups -OCH3 is 1. The summed E-state index contributed by atoms with van der Waals surface area (Å²) in [6.45, 7) is 3.81. The fraction of sp³-hybridized carbons (Fsp3) is 0.385. The van der Waals surface area contributed by atoms with Gasteiger partial charge in [0.1, 0.15) is 5.75 Å². The molecule has 0 spiro atoms. The minimum Gasteiger partial charge on any atom is -0.493 e. The molecule has 0 heterocycles. The van der Waals surface area contributed by atoms with Crippen LogP contribution in [0.5, 0.6) is 5.75 Å². The van der Waals surface area contributed by atoms with Crippen molar-refractivity contribution in [3.05, 3.63) is 29.8 Å². The van der Waals surface area contributed by atoms with E-state index in [-0.39, 0.29) is 0 Å². The maximum Gasteiger partial charge on any atom is 0.187 e. The van der Waals surface area contributed by atoms with Crippen LogP contribution >= 0.6 is 12.2 Å². The number of rotatable bonds is 7. The first-order chi connectivity index (χ1) is 9.27. The van der Waals surface area contributed by atoms with Crippen LogP contribution in [0, 0.1) is 0 Å². The monoisotopic (exact) mass is 281 g/mol. The van der Waals surface area contributed by atoms with Gasteiger partial charge in [-0.2, -0.15) is 5.10 Å². The van der Waals surface area contributed by atoms with Crippen molar-refractivity contribution in [3.63, 3.8) is 0 Å². The summed E-state index contributed by atoms with van der Waals surface area (Å²) < 4.78 is 10.4. The summed E-state index contributed by atoms with van der Waals surface area (Å²) in [6, 6.07) is 7.68. The Morgan fingerprint density at radius 1 is 1.42 bits per heavy atom. The Morgan fingerprint density at radius 3 is 2.95 bits per heavy atom. The predicted molar refractivity (Wildman–Crippen MR) is 80.8 cm³/mol. The van der Waals surface area contributed by atoms with Crippen LogP contribution in [0.2, 0.25) is 0 Å². The number of hydrogen-bond donors (Lipinski definition) is 2. The Morgan fingerprint density at radius 2 is 2.21 bits per heavy atom. The number of hydrazone groups is 1. The van der Waals surface area contributed by atoms with Gasteiger partial charge in [-0.3, -0.25) is 5.43 Å². The van der Waals surface area contributed by atoms with Crippen LogP contribution in [0.3, 0.4) is 0 Å². The van der Waals surface area contributed by atoms with E-state index in [1.165, 1.54) is 0 Å². The quantitative estimate of drug-likeness (QED) is 0.343. The molecule has 1 rings (SSSR count). The summed E-state index contributed by atoms with van der Waals surface area (Å²) in [5, 5.41) is 7.48. The highest BCUT2D eigenvalue weighted by Crippen LogP contribution is 2.15. The molecule has 0 amide bonds. The Bertz CT molecular complexity index is 424. The summed E-state index contributed by atoms with van der Waals surface area (Å²) in [7, 11) is 1.64. The highest BCUT2D eigenvalue weighted by Gasteiger charge is 1.98. The number of ether oxygens (including phenoxy) is 2. The molecule has 5 nitrogen and oxygen atoms in total. The number of benzene rings is 1. The number of nitrogens with zero attached hydrogens (tertiary/aromatic N) is 1. The summed E-state index contributed by atoms with van der Waals surface area (Å²) in [6.07, 6.45) is 1.68. The van der Waals surface area contributed by atoms with E-state index in [2.05, 4.69) is 15.8 Å². The third-order valence-electron chi connectivity index (χ3n) is 2.18. The molecule has 1 aromatic rings. The van der Waals surface area contributed by atoms with Gasteiger partial charge in [-0.1, -0.05) is 12.1 Å². The molecule has 6 heteroatoms. The van der Waals surface area contributed by atoms with Gasteiger partial charge in [0.2, 0.25) is 0 Å². The van der Waals surface area contributed by atoms with Gasteiger partial charge in [-0.05, 0) is 31.3 Å². The third kappa shape index (κ3) is 6.17. The molecule has 0 aliphatic heterocycles. The number of thiocarbonyl (C=S) groups is 1. The van der Waals surface area contributed by atoms with Gasteiger partial charge in [0.25, 0.3) is 0 Å². The molecule has 0 aliphatic rings. The van der Waals surface area contributed by atoms with E-state index in [9.17, 15) is 0 Å². The van der Waals surface area contributed by atoms with Gasteiger partial charge in [0.05, 0.1) is 19.4 Å². The zero-order chi connectivity index (χ0) is 13.9. The van der Waals surface area contributed by atoms with Crippen molar-refractivity contribution in [3.8, 4) is 5.75 Å². The molecule has 0 fully saturated rings. The van der Waals surface area contributed by atoms with Crippen LogP contribution in [0.1, 0.15) is 12.5 Å². The Labute approximate surface area is 119 Å². The van der Waals surface area contributed by atoms with Crippen molar-refractivity contribution in [1.29, 1.82) is 0 Å². The molecule has 2 N–H and O–H groups in total. The van der Waals surface area contributed by atoms with Gasteiger partial charge in [0.15, 0.2) is 5.11 Å². The second-order valence-electron chi connectivity index (χ2n) is 3.59. The lowest BCUT2D eigenvalue weighted by atomic mass is 10.2. The van der Waals surface area contributed by atoms with Crippen molar-refractivity contribution < 1.29 is 9.47 Å². The standard InChI is InChI=1S/C13H19N3O2S/c1-3-18-12-7-5-4-6-11(12)10-15-16-13(19)14-8-9-17-2/h4-7,10H,3,8-9H2,1-2H3,(H2,14,16,19). The van der Waals surface area contributed by atoms with Gasteiger partial charge in [0, 0.05) is 19.2 Å². The van der Waals surface area contributed by atoms with Crippen LogP contribution in [0.25, 0.3) is 0 Å². The lowest BCUT2D eigenvalue weighted by Gasteiger charge is -2.07. The number of nitrogens with one attached hydrogen (secondary N) is 2. The third-order valence-corrected chi connectivity index (χ3v) is 2.42. The van der Waals surface area contributed by atoms with Crippen LogP contribution in [0.15, 0.2) is 29.4 Å². The lowest BCUT2D eigenvalue weighted by Crippen LogP contribution is -2.34. The van der Waals surface area contributed by atoms with Crippen molar-refractivity contribution in [2.75, 3.05) is 26.9 Å². The van der Waals surface area contributed by atoms with Gasteiger partial charge in [-0.25, -0.2) is 0 Å². The SMILES string of the molecule is CCOc1ccccc1C=NNC(=S)NCCOC. The minimum atomic E-state index is 0.460. The molecule has 0 bridgehead atoms. The van der Waals surface area contributed by atoms with Gasteiger partial charge >= 0.3 is 0 Å². The zero-order valence-corrected chi connectivity index (χ0v) is 12.0. The van der Waals surface area contributed by atoms with Gasteiger partial charge < -0.3 is 14.8 Å². The van der Waals surface area contributed by atoms with E-state index >= 15 is 0 Å². The first-order valence-electron chi connectivity index (χ1n) is 6.05. The fourth-order valence-electron chi connectivity index (χ4n) is 1.34. The summed E-state index contributed by atoms with van der Waals surface area (Å²) in [5.41, 5.74) is 3.64. The topological polar surface area (TPSA) is 54.9 Å². The average Bonchev–Trinajstić information content (AvgIpc) is 2.41. The summed E-state index contributed by atoms with van der Waals surface area (Å²) >= 11 is 5.04. The van der Waals surface area contributed by atoms with E-state index in [1.807, 2.05) is 31.2 Å². The second kappa shape index (κ2) is 9.29. The smallest absolute Gasteiger partial charge is 0.187 e. The van der Waals surface area contributed by atoms with Crippen molar-refractivity contribution in [2.45, 2.75) is 6.92 Å². The molecule has 0 aromatic heterocycles. The molecule has 104 valence electrons. The van der Waals surface area contributed by atoms with Crippen LogP contribution in [-0.4, -0.2) is 38.2 Å². The number of hydrogen-bond acceptors (Lipinski definition) is 4. The molecule has 0 saturated carbocycles. The molecule has 0 unspecified atom stereocenters. The molecule has 0 atom stereocenters. The Kier molecular flexibility index (Phi) is 7.53. The first-order valence-corrected chi connectivity index (χ1v) is 6.46. The molecular weight excluding hydrogens is 262 g/mol. The first kappa shape index (κ1) is 15.4. The summed E-state index contributed by atoms with van der Waals surface area (Å²) in [4.78, 5) is 0. The highest BCUT2D eigenvalue weighted by molar-refractivity contribution is 7.80.